The molecule has 1 heterocycles. The third-order valence-corrected chi connectivity index (χ3v) is 4.67. The van der Waals surface area contributed by atoms with Crippen LogP contribution in [0.3, 0.4) is 0 Å². The molecule has 0 unspecified atom stereocenters. The predicted molar refractivity (Wildman–Crippen MR) is 85.8 cm³/mol. The summed E-state index contributed by atoms with van der Waals surface area (Å²) in [5, 5.41) is 4.43. The van der Waals surface area contributed by atoms with E-state index in [1.54, 1.807) is 11.3 Å². The third-order valence-electron chi connectivity index (χ3n) is 3.93. The lowest BCUT2D eigenvalue weighted by atomic mass is 10.0. The van der Waals surface area contributed by atoms with Crippen LogP contribution < -0.4 is 5.73 Å². The Morgan fingerprint density at radius 2 is 1.90 bits per heavy atom. The Labute approximate surface area is 125 Å². The molecule has 1 aromatic carbocycles. The standard InChI is InChI=1S/C17H22N2S/c18-9-7-15-3-1-2-4-16(15)12-19(17-5-6-17)11-14-8-10-20-13-14/h1-4,8,10,13,17H,5-7,9,11-12,18H2. The lowest BCUT2D eigenvalue weighted by molar-refractivity contribution is 0.245. The zero-order valence-electron chi connectivity index (χ0n) is 11.8. The molecule has 106 valence electrons. The fourth-order valence-electron chi connectivity index (χ4n) is 2.70. The Morgan fingerprint density at radius 3 is 2.55 bits per heavy atom. The zero-order chi connectivity index (χ0) is 13.8. The van der Waals surface area contributed by atoms with Crippen molar-refractivity contribution in [2.24, 2.45) is 5.73 Å². The second-order valence-corrected chi connectivity index (χ2v) is 6.36. The second-order valence-electron chi connectivity index (χ2n) is 5.58. The minimum Gasteiger partial charge on any atom is -0.330 e. The molecule has 2 N–H and O–H groups in total. The van der Waals surface area contributed by atoms with Gasteiger partial charge in [0.25, 0.3) is 0 Å². The van der Waals surface area contributed by atoms with E-state index in [-0.39, 0.29) is 0 Å². The van der Waals surface area contributed by atoms with Crippen molar-refractivity contribution in [1.82, 2.24) is 4.90 Å². The Hall–Kier alpha value is -1.16. The van der Waals surface area contributed by atoms with Crippen LogP contribution in [0.15, 0.2) is 41.1 Å². The molecule has 0 atom stereocenters. The highest BCUT2D eigenvalue weighted by atomic mass is 32.1. The molecule has 2 aromatic rings. The summed E-state index contributed by atoms with van der Waals surface area (Å²) >= 11 is 1.79. The molecule has 1 saturated carbocycles. The number of benzene rings is 1. The smallest absolute Gasteiger partial charge is 0.0248 e. The number of rotatable bonds is 7. The maximum atomic E-state index is 5.73. The van der Waals surface area contributed by atoms with Crippen LogP contribution >= 0.6 is 11.3 Å². The van der Waals surface area contributed by atoms with E-state index in [1.807, 2.05) is 0 Å². The number of hydrogen-bond acceptors (Lipinski definition) is 3. The van der Waals surface area contributed by atoms with Gasteiger partial charge in [-0.15, -0.1) is 0 Å². The molecular formula is C17H22N2S. The summed E-state index contributed by atoms with van der Waals surface area (Å²) in [6.45, 7) is 2.85. The van der Waals surface area contributed by atoms with E-state index in [1.165, 1.54) is 29.5 Å². The van der Waals surface area contributed by atoms with Crippen LogP contribution in [0.5, 0.6) is 0 Å². The first-order chi connectivity index (χ1) is 9.86. The van der Waals surface area contributed by atoms with Gasteiger partial charge in [0.15, 0.2) is 0 Å². The molecule has 0 saturated heterocycles. The van der Waals surface area contributed by atoms with E-state index in [2.05, 4.69) is 46.0 Å². The summed E-state index contributed by atoms with van der Waals surface area (Å²) in [7, 11) is 0. The van der Waals surface area contributed by atoms with Crippen LogP contribution in [-0.4, -0.2) is 17.5 Å². The van der Waals surface area contributed by atoms with Gasteiger partial charge >= 0.3 is 0 Å². The normalized spacial score (nSPS) is 14.9. The van der Waals surface area contributed by atoms with E-state index in [9.17, 15) is 0 Å². The Morgan fingerprint density at radius 1 is 1.10 bits per heavy atom. The maximum absolute atomic E-state index is 5.73. The van der Waals surface area contributed by atoms with Crippen molar-refractivity contribution in [3.8, 4) is 0 Å². The molecule has 1 fully saturated rings. The summed E-state index contributed by atoms with van der Waals surface area (Å²) in [6, 6.07) is 11.8. The van der Waals surface area contributed by atoms with Crippen molar-refractivity contribution in [2.45, 2.75) is 38.4 Å². The summed E-state index contributed by atoms with van der Waals surface area (Å²) in [5.74, 6) is 0. The zero-order valence-corrected chi connectivity index (χ0v) is 12.6. The largest absolute Gasteiger partial charge is 0.330 e. The molecule has 2 nitrogen and oxygen atoms in total. The molecular weight excluding hydrogens is 264 g/mol. The highest BCUT2D eigenvalue weighted by molar-refractivity contribution is 7.07. The molecule has 1 aliphatic carbocycles. The van der Waals surface area contributed by atoms with Gasteiger partial charge < -0.3 is 5.73 Å². The Kier molecular flexibility index (Phi) is 4.51. The minimum atomic E-state index is 0.727. The highest BCUT2D eigenvalue weighted by Crippen LogP contribution is 2.30. The molecule has 3 rings (SSSR count). The first-order valence-corrected chi connectivity index (χ1v) is 8.33. The van der Waals surface area contributed by atoms with Gasteiger partial charge in [-0.1, -0.05) is 24.3 Å². The van der Waals surface area contributed by atoms with Crippen molar-refractivity contribution < 1.29 is 0 Å². The van der Waals surface area contributed by atoms with Crippen molar-refractivity contribution in [3.05, 3.63) is 57.8 Å². The van der Waals surface area contributed by atoms with E-state index < -0.39 is 0 Å². The van der Waals surface area contributed by atoms with Gasteiger partial charge in [0.05, 0.1) is 0 Å². The van der Waals surface area contributed by atoms with Gasteiger partial charge in [-0.3, -0.25) is 4.90 Å². The fraction of sp³-hybridized carbons (Fsp3) is 0.412. The summed E-state index contributed by atoms with van der Waals surface area (Å²) in [4.78, 5) is 2.62. The molecule has 1 aromatic heterocycles. The van der Waals surface area contributed by atoms with Crippen LogP contribution in [0.4, 0.5) is 0 Å². The molecule has 0 radical (unpaired) electrons. The first kappa shape index (κ1) is 13.8. The van der Waals surface area contributed by atoms with Crippen LogP contribution in [0.25, 0.3) is 0 Å². The summed E-state index contributed by atoms with van der Waals surface area (Å²) in [5.41, 5.74) is 10.0. The molecule has 0 amide bonds. The first-order valence-electron chi connectivity index (χ1n) is 7.39. The average Bonchev–Trinajstić information content (AvgIpc) is 3.19. The SMILES string of the molecule is NCCc1ccccc1CN(Cc1ccsc1)C1CC1. The number of nitrogens with zero attached hydrogens (tertiary/aromatic N) is 1. The molecule has 0 aliphatic heterocycles. The van der Waals surface area contributed by atoms with E-state index in [0.717, 1.165) is 32.1 Å². The number of nitrogens with two attached hydrogens (primary N) is 1. The minimum absolute atomic E-state index is 0.727. The van der Waals surface area contributed by atoms with Crippen LogP contribution in [0.2, 0.25) is 0 Å². The van der Waals surface area contributed by atoms with Crippen molar-refractivity contribution in [1.29, 1.82) is 0 Å². The van der Waals surface area contributed by atoms with Gasteiger partial charge in [0.2, 0.25) is 0 Å². The molecule has 20 heavy (non-hydrogen) atoms. The average molecular weight is 286 g/mol. The monoisotopic (exact) mass is 286 g/mol. The van der Waals surface area contributed by atoms with Crippen LogP contribution in [-0.2, 0) is 19.5 Å². The predicted octanol–water partition coefficient (Wildman–Crippen LogP) is 3.41. The van der Waals surface area contributed by atoms with E-state index in [4.69, 9.17) is 5.73 Å². The van der Waals surface area contributed by atoms with Crippen molar-refractivity contribution in [3.63, 3.8) is 0 Å². The van der Waals surface area contributed by atoms with E-state index in [0.29, 0.717) is 0 Å². The van der Waals surface area contributed by atoms with Gasteiger partial charge in [0.1, 0.15) is 0 Å². The fourth-order valence-corrected chi connectivity index (χ4v) is 3.36. The van der Waals surface area contributed by atoms with Gasteiger partial charge in [-0.2, -0.15) is 11.3 Å². The van der Waals surface area contributed by atoms with Gasteiger partial charge in [-0.05, 0) is 59.3 Å². The summed E-state index contributed by atoms with van der Waals surface area (Å²) in [6.07, 6.45) is 3.68. The van der Waals surface area contributed by atoms with Crippen LogP contribution in [0, 0.1) is 0 Å². The van der Waals surface area contributed by atoms with Crippen molar-refractivity contribution in [2.75, 3.05) is 6.54 Å². The summed E-state index contributed by atoms with van der Waals surface area (Å²) < 4.78 is 0. The molecule has 1 aliphatic rings. The number of hydrogen-bond donors (Lipinski definition) is 1. The Bertz CT molecular complexity index is 532. The van der Waals surface area contributed by atoms with Gasteiger partial charge in [-0.25, -0.2) is 0 Å². The van der Waals surface area contributed by atoms with Crippen LogP contribution in [0.1, 0.15) is 29.5 Å². The lowest BCUT2D eigenvalue weighted by Crippen LogP contribution is -2.25. The maximum Gasteiger partial charge on any atom is 0.0248 e. The molecule has 0 spiro atoms. The topological polar surface area (TPSA) is 29.3 Å². The quantitative estimate of drug-likeness (QED) is 0.845. The highest BCUT2D eigenvalue weighted by Gasteiger charge is 2.29. The Balaban J connectivity index is 1.73. The molecule has 0 bridgehead atoms. The van der Waals surface area contributed by atoms with E-state index >= 15 is 0 Å². The second kappa shape index (κ2) is 6.53. The molecule has 3 heteroatoms. The van der Waals surface area contributed by atoms with Crippen molar-refractivity contribution >= 4 is 11.3 Å². The lowest BCUT2D eigenvalue weighted by Gasteiger charge is -2.23. The van der Waals surface area contributed by atoms with Gasteiger partial charge in [0, 0.05) is 19.1 Å². The third kappa shape index (κ3) is 3.48. The number of thiophene rings is 1.